The quantitative estimate of drug-likeness (QED) is 0.684. The van der Waals surface area contributed by atoms with E-state index in [1.165, 1.54) is 10.6 Å². The number of pyridine rings is 1. The van der Waals surface area contributed by atoms with Crippen molar-refractivity contribution in [2.24, 2.45) is 0 Å². The molecule has 22 heavy (non-hydrogen) atoms. The van der Waals surface area contributed by atoms with Crippen molar-refractivity contribution in [1.29, 1.82) is 0 Å². The van der Waals surface area contributed by atoms with E-state index in [1.54, 1.807) is 0 Å². The Balaban J connectivity index is 2.58. The van der Waals surface area contributed by atoms with Crippen LogP contribution in [-0.4, -0.2) is 4.57 Å². The maximum Gasteiger partial charge on any atom is 0.417 e. The van der Waals surface area contributed by atoms with Crippen molar-refractivity contribution in [1.82, 2.24) is 4.57 Å². The molecule has 1 aliphatic rings. The molecule has 116 valence electrons. The molecule has 0 saturated heterocycles. The average molecular weight is 376 g/mol. The molecule has 1 aromatic carbocycles. The largest absolute Gasteiger partial charge is 0.417 e. The van der Waals surface area contributed by atoms with Gasteiger partial charge in [0, 0.05) is 23.1 Å². The number of hydrogen-bond acceptors (Lipinski definition) is 1. The summed E-state index contributed by atoms with van der Waals surface area (Å²) in [5, 5.41) is -0.324. The summed E-state index contributed by atoms with van der Waals surface area (Å²) in [5.74, 6) is -0.825. The lowest BCUT2D eigenvalue weighted by Crippen LogP contribution is -2.23. The lowest BCUT2D eigenvalue weighted by Gasteiger charge is -2.18. The van der Waals surface area contributed by atoms with E-state index in [1.807, 2.05) is 0 Å². The van der Waals surface area contributed by atoms with Crippen LogP contribution in [0.2, 0.25) is 0 Å². The third-order valence-corrected chi connectivity index (χ3v) is 4.49. The van der Waals surface area contributed by atoms with Crippen LogP contribution >= 0.6 is 15.9 Å². The van der Waals surface area contributed by atoms with Gasteiger partial charge >= 0.3 is 6.18 Å². The molecule has 0 bridgehead atoms. The molecule has 0 atom stereocenters. The molecule has 0 aliphatic heterocycles. The molecule has 0 spiro atoms. The van der Waals surface area contributed by atoms with Gasteiger partial charge in [-0.3, -0.25) is 4.79 Å². The SMILES string of the molecule is C=Cc1c(Br)c(F)cc2c(C(F)(F)F)cc(=O)n(C3CC3)c12. The molecule has 2 aromatic rings. The fourth-order valence-corrected chi connectivity index (χ4v) is 3.06. The van der Waals surface area contributed by atoms with Crippen LogP contribution in [-0.2, 0) is 6.18 Å². The van der Waals surface area contributed by atoms with E-state index in [0.717, 1.165) is 6.07 Å². The highest BCUT2D eigenvalue weighted by Gasteiger charge is 2.37. The van der Waals surface area contributed by atoms with Crippen molar-refractivity contribution < 1.29 is 17.6 Å². The zero-order valence-corrected chi connectivity index (χ0v) is 12.8. The molecule has 3 rings (SSSR count). The third kappa shape index (κ3) is 2.27. The lowest BCUT2D eigenvalue weighted by atomic mass is 10.0. The maximum atomic E-state index is 14.0. The average Bonchev–Trinajstić information content (AvgIpc) is 3.23. The van der Waals surface area contributed by atoms with Gasteiger partial charge in [0.15, 0.2) is 0 Å². The molecule has 0 unspecified atom stereocenters. The molecule has 1 heterocycles. The topological polar surface area (TPSA) is 22.0 Å². The van der Waals surface area contributed by atoms with E-state index in [0.29, 0.717) is 18.9 Å². The van der Waals surface area contributed by atoms with Gasteiger partial charge in [-0.25, -0.2) is 4.39 Å². The zero-order valence-electron chi connectivity index (χ0n) is 11.2. The van der Waals surface area contributed by atoms with Crippen LogP contribution in [0, 0.1) is 5.82 Å². The number of fused-ring (bicyclic) bond motifs is 1. The van der Waals surface area contributed by atoms with E-state index >= 15 is 0 Å². The van der Waals surface area contributed by atoms with Crippen LogP contribution in [0.15, 0.2) is 28.0 Å². The molecular formula is C15H10BrF4NO. The zero-order chi connectivity index (χ0) is 16.2. The third-order valence-electron chi connectivity index (χ3n) is 3.69. The second-order valence-electron chi connectivity index (χ2n) is 5.18. The summed E-state index contributed by atoms with van der Waals surface area (Å²) < 4.78 is 54.9. The van der Waals surface area contributed by atoms with Crippen LogP contribution in [0.5, 0.6) is 0 Å². The number of rotatable bonds is 2. The van der Waals surface area contributed by atoms with E-state index in [-0.39, 0.29) is 27.0 Å². The minimum absolute atomic E-state index is 0.00289. The van der Waals surface area contributed by atoms with Crippen molar-refractivity contribution in [3.8, 4) is 0 Å². The van der Waals surface area contributed by atoms with Crippen molar-refractivity contribution in [2.75, 3.05) is 0 Å². The predicted octanol–water partition coefficient (Wildman–Crippen LogP) is 4.90. The summed E-state index contributed by atoms with van der Waals surface area (Å²) in [6.45, 7) is 3.53. The highest BCUT2D eigenvalue weighted by atomic mass is 79.9. The van der Waals surface area contributed by atoms with E-state index in [4.69, 9.17) is 0 Å². The Kier molecular flexibility index (Phi) is 3.43. The summed E-state index contributed by atoms with van der Waals surface area (Å²) >= 11 is 3.02. The molecule has 1 aliphatic carbocycles. The standard InChI is InChI=1S/C15H10BrF4NO/c1-2-8-13(16)11(17)5-9-10(15(18,19)20)6-12(22)21(14(8)9)7-3-4-7/h2,5-7H,1,3-4H2. The first kappa shape index (κ1) is 15.3. The predicted molar refractivity (Wildman–Crippen MR) is 79.2 cm³/mol. The highest BCUT2D eigenvalue weighted by molar-refractivity contribution is 9.10. The van der Waals surface area contributed by atoms with Gasteiger partial charge in [0.1, 0.15) is 5.82 Å². The maximum absolute atomic E-state index is 14.0. The van der Waals surface area contributed by atoms with Gasteiger partial charge in [-0.05, 0) is 34.8 Å². The van der Waals surface area contributed by atoms with Crippen molar-refractivity contribution in [2.45, 2.75) is 25.1 Å². The van der Waals surface area contributed by atoms with Gasteiger partial charge in [-0.2, -0.15) is 13.2 Å². The fourth-order valence-electron chi connectivity index (χ4n) is 2.60. The Bertz CT molecular complexity index is 849. The number of aromatic nitrogens is 1. The van der Waals surface area contributed by atoms with E-state index < -0.39 is 23.1 Å². The summed E-state index contributed by atoms with van der Waals surface area (Å²) in [6.07, 6.45) is -2.05. The van der Waals surface area contributed by atoms with Crippen LogP contribution < -0.4 is 5.56 Å². The van der Waals surface area contributed by atoms with Gasteiger partial charge in [0.05, 0.1) is 15.6 Å². The lowest BCUT2D eigenvalue weighted by molar-refractivity contribution is -0.136. The van der Waals surface area contributed by atoms with Crippen LogP contribution in [0.1, 0.15) is 30.0 Å². The Labute approximate surface area is 131 Å². The molecule has 0 amide bonds. The molecule has 0 radical (unpaired) electrons. The van der Waals surface area contributed by atoms with E-state index in [9.17, 15) is 22.4 Å². The molecule has 0 N–H and O–H groups in total. The molecule has 1 fully saturated rings. The van der Waals surface area contributed by atoms with Gasteiger partial charge < -0.3 is 4.57 Å². The first-order valence-corrected chi connectivity index (χ1v) is 7.32. The highest BCUT2D eigenvalue weighted by Crippen LogP contribution is 2.42. The second kappa shape index (κ2) is 4.94. The first-order chi connectivity index (χ1) is 10.3. The molecule has 1 aromatic heterocycles. The van der Waals surface area contributed by atoms with Gasteiger partial charge in [0.25, 0.3) is 5.56 Å². The Morgan fingerprint density at radius 3 is 2.45 bits per heavy atom. The fraction of sp³-hybridized carbons (Fsp3) is 0.267. The minimum Gasteiger partial charge on any atom is -0.305 e. The number of nitrogens with zero attached hydrogens (tertiary/aromatic N) is 1. The van der Waals surface area contributed by atoms with Crippen molar-refractivity contribution in [3.63, 3.8) is 0 Å². The Morgan fingerprint density at radius 2 is 1.95 bits per heavy atom. The molecule has 7 heteroatoms. The Hall–Kier alpha value is -1.63. The van der Waals surface area contributed by atoms with Crippen molar-refractivity contribution in [3.05, 3.63) is 50.5 Å². The van der Waals surface area contributed by atoms with Crippen LogP contribution in [0.3, 0.4) is 0 Å². The summed E-state index contributed by atoms with van der Waals surface area (Å²) in [7, 11) is 0. The number of hydrogen-bond donors (Lipinski definition) is 0. The molecular weight excluding hydrogens is 366 g/mol. The summed E-state index contributed by atoms with van der Waals surface area (Å²) in [6, 6.07) is 1.21. The van der Waals surface area contributed by atoms with Gasteiger partial charge in [-0.1, -0.05) is 12.7 Å². The first-order valence-electron chi connectivity index (χ1n) is 6.52. The van der Waals surface area contributed by atoms with Gasteiger partial charge in [0.2, 0.25) is 0 Å². The summed E-state index contributed by atoms with van der Waals surface area (Å²) in [4.78, 5) is 12.2. The normalized spacial score (nSPS) is 15.3. The number of halogens is 5. The number of alkyl halides is 3. The van der Waals surface area contributed by atoms with Crippen LogP contribution in [0.25, 0.3) is 17.0 Å². The van der Waals surface area contributed by atoms with Gasteiger partial charge in [-0.15, -0.1) is 0 Å². The monoisotopic (exact) mass is 375 g/mol. The van der Waals surface area contributed by atoms with Crippen LogP contribution in [0.4, 0.5) is 17.6 Å². The molecule has 2 nitrogen and oxygen atoms in total. The van der Waals surface area contributed by atoms with Crippen molar-refractivity contribution >= 4 is 32.9 Å². The Morgan fingerprint density at radius 1 is 1.32 bits per heavy atom. The smallest absolute Gasteiger partial charge is 0.305 e. The van der Waals surface area contributed by atoms with E-state index in [2.05, 4.69) is 22.5 Å². The second-order valence-corrected chi connectivity index (χ2v) is 5.97. The number of benzene rings is 1. The minimum atomic E-state index is -4.74. The molecule has 1 saturated carbocycles. The summed E-state index contributed by atoms with van der Waals surface area (Å²) in [5.41, 5.74) is -1.63.